The van der Waals surface area contributed by atoms with Crippen LogP contribution >= 0.6 is 0 Å². The van der Waals surface area contributed by atoms with Crippen LogP contribution in [-0.2, 0) is 11.3 Å². The Bertz CT molecular complexity index is 918. The maximum Gasteiger partial charge on any atom is 0.410 e. The Morgan fingerprint density at radius 1 is 1.09 bits per heavy atom. The number of ether oxygens (including phenoxy) is 1. The van der Waals surface area contributed by atoms with Gasteiger partial charge in [0.15, 0.2) is 0 Å². The quantitative estimate of drug-likeness (QED) is 0.561. The van der Waals surface area contributed by atoms with Gasteiger partial charge in [-0.25, -0.2) is 14.0 Å². The average molecular weight is 456 g/mol. The molecular formula is C26H34FN3O3. The Hall–Kier alpha value is -3.09. The number of benzene rings is 2. The van der Waals surface area contributed by atoms with Crippen molar-refractivity contribution in [1.29, 1.82) is 0 Å². The number of nitrogens with one attached hydrogen (secondary N) is 1. The number of piperazine rings is 1. The third-order valence-corrected chi connectivity index (χ3v) is 5.93. The van der Waals surface area contributed by atoms with Gasteiger partial charge in [-0.3, -0.25) is 0 Å². The number of urea groups is 1. The van der Waals surface area contributed by atoms with Crippen molar-refractivity contribution in [1.82, 2.24) is 15.1 Å². The first-order chi connectivity index (χ1) is 15.8. The van der Waals surface area contributed by atoms with Gasteiger partial charge in [0, 0.05) is 19.6 Å². The predicted octanol–water partition coefficient (Wildman–Crippen LogP) is 5.50. The van der Waals surface area contributed by atoms with E-state index in [-0.39, 0.29) is 25.0 Å². The number of carbonyl (C=O) groups excluding carboxylic acids is 2. The Kier molecular flexibility index (Phi) is 8.31. The first-order valence-electron chi connectivity index (χ1n) is 11.6. The van der Waals surface area contributed by atoms with Crippen molar-refractivity contribution in [3.8, 4) is 0 Å². The number of hydrogen-bond acceptors (Lipinski definition) is 3. The molecule has 7 heteroatoms. The van der Waals surface area contributed by atoms with E-state index in [9.17, 15) is 14.0 Å². The number of halogens is 1. The molecule has 1 saturated heterocycles. The molecule has 1 N–H and O–H groups in total. The van der Waals surface area contributed by atoms with Gasteiger partial charge in [0.2, 0.25) is 0 Å². The monoisotopic (exact) mass is 455 g/mol. The van der Waals surface area contributed by atoms with E-state index in [0.717, 1.165) is 30.4 Å². The van der Waals surface area contributed by atoms with Crippen molar-refractivity contribution in [3.05, 3.63) is 71.5 Å². The van der Waals surface area contributed by atoms with Crippen LogP contribution in [0.2, 0.25) is 0 Å². The minimum atomic E-state index is -0.655. The average Bonchev–Trinajstić information content (AvgIpc) is 2.80. The molecule has 0 spiro atoms. The molecule has 0 saturated carbocycles. The van der Waals surface area contributed by atoms with Crippen molar-refractivity contribution < 1.29 is 18.7 Å². The summed E-state index contributed by atoms with van der Waals surface area (Å²) in [6, 6.07) is 15.0. The highest BCUT2D eigenvalue weighted by atomic mass is 19.1. The molecule has 178 valence electrons. The van der Waals surface area contributed by atoms with Gasteiger partial charge in [-0.05, 0) is 43.5 Å². The minimum Gasteiger partial charge on any atom is -0.445 e. The summed E-state index contributed by atoms with van der Waals surface area (Å²) in [4.78, 5) is 29.6. The minimum absolute atomic E-state index is 0.178. The largest absolute Gasteiger partial charge is 0.445 e. The van der Waals surface area contributed by atoms with Crippen molar-refractivity contribution >= 4 is 12.1 Å². The van der Waals surface area contributed by atoms with Crippen LogP contribution in [0.15, 0.2) is 54.6 Å². The van der Waals surface area contributed by atoms with Crippen LogP contribution in [0.3, 0.4) is 0 Å². The molecule has 2 aromatic carbocycles. The number of hydrogen-bond donors (Lipinski definition) is 1. The highest BCUT2D eigenvalue weighted by Gasteiger charge is 2.45. The third-order valence-electron chi connectivity index (χ3n) is 5.93. The summed E-state index contributed by atoms with van der Waals surface area (Å²) >= 11 is 0. The highest BCUT2D eigenvalue weighted by Crippen LogP contribution is 2.35. The van der Waals surface area contributed by atoms with Gasteiger partial charge in [-0.2, -0.15) is 0 Å². The van der Waals surface area contributed by atoms with Gasteiger partial charge in [0.05, 0.1) is 11.6 Å². The van der Waals surface area contributed by atoms with Gasteiger partial charge in [0.25, 0.3) is 0 Å². The van der Waals surface area contributed by atoms with Crippen LogP contribution in [0.25, 0.3) is 0 Å². The molecule has 33 heavy (non-hydrogen) atoms. The van der Waals surface area contributed by atoms with E-state index < -0.39 is 17.7 Å². The molecule has 1 aliphatic heterocycles. The SMILES string of the molecule is CCCCCNC(=O)N1C(c2ccc(F)cc2)CN(C(=O)OCc2ccccc2)CC1(C)C. The van der Waals surface area contributed by atoms with E-state index >= 15 is 0 Å². The molecule has 6 nitrogen and oxygen atoms in total. The lowest BCUT2D eigenvalue weighted by molar-refractivity contribution is -0.00122. The molecule has 0 bridgehead atoms. The smallest absolute Gasteiger partial charge is 0.410 e. The van der Waals surface area contributed by atoms with E-state index in [1.54, 1.807) is 21.9 Å². The van der Waals surface area contributed by atoms with Crippen LogP contribution in [0, 0.1) is 5.82 Å². The number of rotatable bonds is 7. The second kappa shape index (κ2) is 11.2. The van der Waals surface area contributed by atoms with Gasteiger partial charge in [-0.1, -0.05) is 62.2 Å². The second-order valence-corrected chi connectivity index (χ2v) is 9.11. The van der Waals surface area contributed by atoms with Crippen molar-refractivity contribution in [2.45, 2.75) is 58.2 Å². The van der Waals surface area contributed by atoms with E-state index in [0.29, 0.717) is 13.1 Å². The van der Waals surface area contributed by atoms with Crippen LogP contribution in [-0.4, -0.2) is 47.1 Å². The first-order valence-corrected chi connectivity index (χ1v) is 11.6. The van der Waals surface area contributed by atoms with Crippen LogP contribution in [0.1, 0.15) is 57.2 Å². The van der Waals surface area contributed by atoms with Gasteiger partial charge in [0.1, 0.15) is 12.4 Å². The summed E-state index contributed by atoms with van der Waals surface area (Å²) in [7, 11) is 0. The summed E-state index contributed by atoms with van der Waals surface area (Å²) in [6.07, 6.45) is 2.60. The van der Waals surface area contributed by atoms with Gasteiger partial charge in [-0.15, -0.1) is 0 Å². The van der Waals surface area contributed by atoms with Crippen LogP contribution < -0.4 is 5.32 Å². The third kappa shape index (κ3) is 6.46. The normalized spacial score (nSPS) is 17.5. The number of amides is 3. The van der Waals surface area contributed by atoms with E-state index in [1.807, 2.05) is 44.2 Å². The molecule has 1 unspecified atom stereocenters. The van der Waals surface area contributed by atoms with E-state index in [1.165, 1.54) is 12.1 Å². The molecule has 1 fully saturated rings. The highest BCUT2D eigenvalue weighted by molar-refractivity contribution is 5.77. The molecule has 0 aliphatic carbocycles. The molecule has 1 heterocycles. The Labute approximate surface area is 195 Å². The molecule has 3 amide bonds. The van der Waals surface area contributed by atoms with Crippen molar-refractivity contribution in [3.63, 3.8) is 0 Å². The Balaban J connectivity index is 1.78. The second-order valence-electron chi connectivity index (χ2n) is 9.11. The molecule has 0 radical (unpaired) electrons. The number of nitrogens with zero attached hydrogens (tertiary/aromatic N) is 2. The molecule has 3 rings (SSSR count). The molecule has 1 atom stereocenters. The fraction of sp³-hybridized carbons (Fsp3) is 0.462. The van der Waals surface area contributed by atoms with Crippen molar-refractivity contribution in [2.75, 3.05) is 19.6 Å². The van der Waals surface area contributed by atoms with Gasteiger partial charge < -0.3 is 19.9 Å². The predicted molar refractivity (Wildman–Crippen MR) is 126 cm³/mol. The fourth-order valence-electron chi connectivity index (χ4n) is 4.28. The van der Waals surface area contributed by atoms with E-state index in [2.05, 4.69) is 12.2 Å². The lowest BCUT2D eigenvalue weighted by atomic mass is 9.91. The first kappa shape index (κ1) is 24.6. The summed E-state index contributed by atoms with van der Waals surface area (Å²) in [6.45, 7) is 7.37. The number of unbranched alkanes of at least 4 members (excludes halogenated alkanes) is 2. The van der Waals surface area contributed by atoms with Crippen LogP contribution in [0.4, 0.5) is 14.0 Å². The van der Waals surface area contributed by atoms with Crippen LogP contribution in [0.5, 0.6) is 0 Å². The lowest BCUT2D eigenvalue weighted by Crippen LogP contribution is -2.64. The van der Waals surface area contributed by atoms with Gasteiger partial charge >= 0.3 is 12.1 Å². The Morgan fingerprint density at radius 2 is 1.79 bits per heavy atom. The summed E-state index contributed by atoms with van der Waals surface area (Å²) in [5.41, 5.74) is 1.02. The van der Waals surface area contributed by atoms with E-state index in [4.69, 9.17) is 4.74 Å². The molecular weight excluding hydrogens is 421 g/mol. The maximum atomic E-state index is 13.6. The summed E-state index contributed by atoms with van der Waals surface area (Å²) < 4.78 is 19.1. The maximum absolute atomic E-state index is 13.6. The van der Waals surface area contributed by atoms with Crippen molar-refractivity contribution in [2.24, 2.45) is 0 Å². The standard InChI is InChI=1S/C26H34FN3O3/c1-4-5-9-16-28-24(31)30-23(21-12-14-22(27)15-13-21)17-29(19-26(30,2)3)25(32)33-18-20-10-7-6-8-11-20/h6-8,10-15,23H,4-5,9,16-19H2,1-3H3,(H,28,31). The molecule has 1 aliphatic rings. The topological polar surface area (TPSA) is 61.9 Å². The zero-order valence-corrected chi connectivity index (χ0v) is 19.7. The lowest BCUT2D eigenvalue weighted by Gasteiger charge is -2.51. The summed E-state index contributed by atoms with van der Waals surface area (Å²) in [5.74, 6) is -0.344. The number of carbonyl (C=O) groups is 2. The molecule has 2 aromatic rings. The zero-order chi connectivity index (χ0) is 23.8. The summed E-state index contributed by atoms with van der Waals surface area (Å²) in [5, 5.41) is 3.02. The molecule has 0 aromatic heterocycles. The zero-order valence-electron chi connectivity index (χ0n) is 19.7. The Morgan fingerprint density at radius 3 is 2.45 bits per heavy atom. The fourth-order valence-corrected chi connectivity index (χ4v) is 4.28.